The number of amides is 1. The van der Waals surface area contributed by atoms with Crippen molar-refractivity contribution in [2.45, 2.75) is 25.4 Å². The average molecular weight is 411 g/mol. The molecule has 1 unspecified atom stereocenters. The van der Waals surface area contributed by atoms with Gasteiger partial charge >= 0.3 is 6.18 Å². The Kier molecular flexibility index (Phi) is 8.77. The first-order chi connectivity index (χ1) is 12.3. The Labute approximate surface area is 160 Å². The van der Waals surface area contributed by atoms with Gasteiger partial charge in [0, 0.05) is 25.6 Å². The number of anilines is 1. The maximum atomic E-state index is 12.7. The van der Waals surface area contributed by atoms with Crippen molar-refractivity contribution in [2.24, 2.45) is 5.92 Å². The van der Waals surface area contributed by atoms with Crippen molar-refractivity contribution in [3.8, 4) is 0 Å². The average Bonchev–Trinajstić information content (AvgIpc) is 2.60. The molecule has 1 aliphatic rings. The van der Waals surface area contributed by atoms with Crippen LogP contribution in [0.5, 0.6) is 0 Å². The van der Waals surface area contributed by atoms with E-state index in [1.54, 1.807) is 0 Å². The van der Waals surface area contributed by atoms with Crippen molar-refractivity contribution in [3.05, 3.63) is 33.9 Å². The van der Waals surface area contributed by atoms with Crippen LogP contribution in [-0.2, 0) is 11.0 Å². The first kappa shape index (κ1) is 23.0. The molecule has 152 valence electrons. The van der Waals surface area contributed by atoms with Crippen LogP contribution in [0.25, 0.3) is 0 Å². The number of carbonyl (C=O) groups excluding carboxylic acids is 1. The maximum Gasteiger partial charge on any atom is 0.416 e. The third kappa shape index (κ3) is 7.22. The van der Waals surface area contributed by atoms with Gasteiger partial charge in [-0.05, 0) is 44.0 Å². The lowest BCUT2D eigenvalue weighted by molar-refractivity contribution is -0.384. The van der Waals surface area contributed by atoms with Gasteiger partial charge in [0.25, 0.3) is 5.69 Å². The van der Waals surface area contributed by atoms with Crippen LogP contribution in [0.3, 0.4) is 0 Å². The molecule has 7 nitrogen and oxygen atoms in total. The first-order valence-corrected chi connectivity index (χ1v) is 8.34. The normalized spacial score (nSPS) is 16.9. The largest absolute Gasteiger partial charge is 0.416 e. The molecular formula is C16H22ClF3N4O3. The molecule has 1 amide bonds. The van der Waals surface area contributed by atoms with Crippen molar-refractivity contribution < 1.29 is 22.9 Å². The molecule has 1 aliphatic heterocycles. The number of halogens is 4. The van der Waals surface area contributed by atoms with E-state index in [9.17, 15) is 28.1 Å². The highest BCUT2D eigenvalue weighted by Crippen LogP contribution is 2.34. The number of hydrogen-bond acceptors (Lipinski definition) is 5. The summed E-state index contributed by atoms with van der Waals surface area (Å²) in [6.07, 6.45) is -2.47. The van der Waals surface area contributed by atoms with Gasteiger partial charge in [0.1, 0.15) is 5.69 Å². The topological polar surface area (TPSA) is 96.3 Å². The molecule has 1 heterocycles. The Morgan fingerprint density at radius 2 is 2.11 bits per heavy atom. The van der Waals surface area contributed by atoms with Crippen molar-refractivity contribution in [2.75, 3.05) is 31.5 Å². The molecule has 1 atom stereocenters. The van der Waals surface area contributed by atoms with Crippen LogP contribution < -0.4 is 16.0 Å². The fourth-order valence-corrected chi connectivity index (χ4v) is 2.76. The molecule has 2 rings (SSSR count). The third-order valence-corrected chi connectivity index (χ3v) is 4.18. The summed E-state index contributed by atoms with van der Waals surface area (Å²) in [4.78, 5) is 21.9. The van der Waals surface area contributed by atoms with Gasteiger partial charge in [-0.1, -0.05) is 0 Å². The second-order valence-electron chi connectivity index (χ2n) is 6.18. The molecule has 1 fully saturated rings. The number of nitro benzene ring substituents is 1. The number of nitro groups is 1. The van der Waals surface area contributed by atoms with E-state index in [4.69, 9.17) is 0 Å². The molecule has 0 aromatic heterocycles. The zero-order valence-electron chi connectivity index (χ0n) is 14.5. The standard InChI is InChI=1S/C16H21F3N4O3.ClH/c17-16(18,19)12-3-4-13(14(8-12)23(25)26)21-7-5-15(24)22-10-11-2-1-6-20-9-11;/h3-4,8,11,20-21H,1-2,5-7,9-10H2,(H,22,24);1H. The second kappa shape index (κ2) is 10.3. The summed E-state index contributed by atoms with van der Waals surface area (Å²) in [7, 11) is 0. The molecular weight excluding hydrogens is 389 g/mol. The second-order valence-corrected chi connectivity index (χ2v) is 6.18. The predicted octanol–water partition coefficient (Wildman–Crippen LogP) is 2.95. The van der Waals surface area contributed by atoms with E-state index < -0.39 is 22.4 Å². The molecule has 1 aromatic carbocycles. The monoisotopic (exact) mass is 410 g/mol. The Morgan fingerprint density at radius 3 is 2.70 bits per heavy atom. The van der Waals surface area contributed by atoms with E-state index in [1.165, 1.54) is 0 Å². The van der Waals surface area contributed by atoms with E-state index in [0.29, 0.717) is 18.5 Å². The van der Waals surface area contributed by atoms with Crippen LogP contribution >= 0.6 is 12.4 Å². The number of rotatable bonds is 7. The van der Waals surface area contributed by atoms with Gasteiger partial charge in [-0.3, -0.25) is 14.9 Å². The summed E-state index contributed by atoms with van der Waals surface area (Å²) in [5, 5.41) is 19.7. The molecule has 0 aliphatic carbocycles. The molecule has 3 N–H and O–H groups in total. The highest BCUT2D eigenvalue weighted by molar-refractivity contribution is 5.85. The van der Waals surface area contributed by atoms with E-state index in [2.05, 4.69) is 16.0 Å². The van der Waals surface area contributed by atoms with E-state index in [0.717, 1.165) is 38.1 Å². The number of piperidine rings is 1. The summed E-state index contributed by atoms with van der Waals surface area (Å²) in [5.74, 6) is 0.175. The summed E-state index contributed by atoms with van der Waals surface area (Å²) < 4.78 is 38.0. The number of hydrogen-bond donors (Lipinski definition) is 3. The first-order valence-electron chi connectivity index (χ1n) is 8.34. The van der Waals surface area contributed by atoms with Crippen molar-refractivity contribution in [1.82, 2.24) is 10.6 Å². The van der Waals surface area contributed by atoms with Crippen molar-refractivity contribution in [3.63, 3.8) is 0 Å². The highest BCUT2D eigenvalue weighted by Gasteiger charge is 2.33. The Bertz CT molecular complexity index is 652. The Hall–Kier alpha value is -2.07. The fraction of sp³-hybridized carbons (Fsp3) is 0.562. The predicted molar refractivity (Wildman–Crippen MR) is 97.1 cm³/mol. The quantitative estimate of drug-likeness (QED) is 0.474. The van der Waals surface area contributed by atoms with Crippen LogP contribution in [0.2, 0.25) is 0 Å². The van der Waals surface area contributed by atoms with Gasteiger partial charge in [0.2, 0.25) is 5.91 Å². The lowest BCUT2D eigenvalue weighted by Gasteiger charge is -2.22. The van der Waals surface area contributed by atoms with E-state index in [1.807, 2.05) is 0 Å². The number of nitrogens with one attached hydrogen (secondary N) is 3. The zero-order valence-corrected chi connectivity index (χ0v) is 15.3. The van der Waals surface area contributed by atoms with Gasteiger partial charge in [0.05, 0.1) is 10.5 Å². The molecule has 1 saturated heterocycles. The third-order valence-electron chi connectivity index (χ3n) is 4.18. The van der Waals surface area contributed by atoms with Crippen LogP contribution in [-0.4, -0.2) is 37.0 Å². The minimum Gasteiger partial charge on any atom is -0.379 e. The molecule has 1 aromatic rings. The van der Waals surface area contributed by atoms with E-state index in [-0.39, 0.29) is 37.0 Å². The number of nitrogens with zero attached hydrogens (tertiary/aromatic N) is 1. The van der Waals surface area contributed by atoms with Gasteiger partial charge in [0.15, 0.2) is 0 Å². The van der Waals surface area contributed by atoms with Crippen LogP contribution in [0.4, 0.5) is 24.5 Å². The van der Waals surface area contributed by atoms with Gasteiger partial charge in [-0.25, -0.2) is 0 Å². The van der Waals surface area contributed by atoms with E-state index >= 15 is 0 Å². The van der Waals surface area contributed by atoms with Crippen molar-refractivity contribution in [1.29, 1.82) is 0 Å². The number of benzene rings is 1. The SMILES string of the molecule is Cl.O=C(CCNc1ccc(C(F)(F)F)cc1[N+](=O)[O-])NCC1CCCNC1. The minimum absolute atomic E-state index is 0. The van der Waals surface area contributed by atoms with Gasteiger partial charge < -0.3 is 16.0 Å². The summed E-state index contributed by atoms with van der Waals surface area (Å²) in [6, 6.07) is 2.26. The van der Waals surface area contributed by atoms with Crippen LogP contribution in [0.15, 0.2) is 18.2 Å². The zero-order chi connectivity index (χ0) is 19.2. The lowest BCUT2D eigenvalue weighted by Crippen LogP contribution is -2.38. The van der Waals surface area contributed by atoms with Crippen LogP contribution in [0, 0.1) is 16.0 Å². The molecule has 0 spiro atoms. The Balaban J connectivity index is 0.00000364. The summed E-state index contributed by atoms with van der Waals surface area (Å²) in [6.45, 7) is 2.49. The van der Waals surface area contributed by atoms with Gasteiger partial charge in [-0.2, -0.15) is 13.2 Å². The fourth-order valence-electron chi connectivity index (χ4n) is 2.76. The van der Waals surface area contributed by atoms with Crippen LogP contribution in [0.1, 0.15) is 24.8 Å². The lowest BCUT2D eigenvalue weighted by atomic mass is 10.00. The maximum absolute atomic E-state index is 12.7. The molecule has 0 radical (unpaired) electrons. The highest BCUT2D eigenvalue weighted by atomic mass is 35.5. The number of alkyl halides is 3. The molecule has 11 heteroatoms. The molecule has 0 saturated carbocycles. The van der Waals surface area contributed by atoms with Crippen molar-refractivity contribution >= 4 is 29.7 Å². The molecule has 0 bridgehead atoms. The Morgan fingerprint density at radius 1 is 1.37 bits per heavy atom. The minimum atomic E-state index is -4.66. The van der Waals surface area contributed by atoms with Gasteiger partial charge in [-0.15, -0.1) is 12.4 Å². The molecule has 27 heavy (non-hydrogen) atoms. The summed E-state index contributed by atoms with van der Waals surface area (Å²) >= 11 is 0. The summed E-state index contributed by atoms with van der Waals surface area (Å²) in [5.41, 5.74) is -1.81. The number of carbonyl (C=O) groups is 1. The smallest absolute Gasteiger partial charge is 0.379 e.